The predicted octanol–water partition coefficient (Wildman–Crippen LogP) is 2.69. The molecule has 2 heterocycles. The summed E-state index contributed by atoms with van der Waals surface area (Å²) in [7, 11) is 0. The van der Waals surface area contributed by atoms with Crippen molar-refractivity contribution in [2.24, 2.45) is 11.8 Å². The van der Waals surface area contributed by atoms with Crippen molar-refractivity contribution in [1.29, 1.82) is 0 Å². The van der Waals surface area contributed by atoms with E-state index >= 15 is 0 Å². The van der Waals surface area contributed by atoms with Gasteiger partial charge in [-0.25, -0.2) is 0 Å². The number of ether oxygens (including phenoxy) is 1. The summed E-state index contributed by atoms with van der Waals surface area (Å²) in [6.45, 7) is 1.59. The lowest BCUT2D eigenvalue weighted by Gasteiger charge is -2.27. The van der Waals surface area contributed by atoms with Crippen molar-refractivity contribution in [2.45, 2.75) is 24.8 Å². The van der Waals surface area contributed by atoms with E-state index in [1.807, 2.05) is 0 Å². The quantitative estimate of drug-likeness (QED) is 0.829. The summed E-state index contributed by atoms with van der Waals surface area (Å²) in [6.07, 6.45) is -2.04. The fourth-order valence-corrected chi connectivity index (χ4v) is 3.27. The Morgan fingerprint density at radius 3 is 2.67 bits per heavy atom. The first kappa shape index (κ1) is 16.5. The van der Waals surface area contributed by atoms with E-state index in [1.165, 1.54) is 12.1 Å². The van der Waals surface area contributed by atoms with Crippen molar-refractivity contribution >= 4 is 17.6 Å². The van der Waals surface area contributed by atoms with Crippen molar-refractivity contribution in [3.05, 3.63) is 42.0 Å². The molecule has 4 atom stereocenters. The van der Waals surface area contributed by atoms with E-state index in [9.17, 15) is 27.9 Å². The monoisotopic (exact) mass is 341 g/mol. The molecule has 0 aliphatic carbocycles. The second-order valence-electron chi connectivity index (χ2n) is 6.03. The molecular weight excluding hydrogens is 327 g/mol. The van der Waals surface area contributed by atoms with Crippen molar-refractivity contribution in [3.63, 3.8) is 0 Å². The van der Waals surface area contributed by atoms with Crippen LogP contribution in [0.1, 0.15) is 12.5 Å². The molecular formula is C16H14F3NO4. The zero-order valence-electron chi connectivity index (χ0n) is 12.5. The van der Waals surface area contributed by atoms with Crippen LogP contribution in [0.5, 0.6) is 0 Å². The van der Waals surface area contributed by atoms with Crippen LogP contribution in [0.4, 0.5) is 18.9 Å². The Kier molecular flexibility index (Phi) is 3.67. The summed E-state index contributed by atoms with van der Waals surface area (Å²) in [6, 6.07) is 4.18. The van der Waals surface area contributed by atoms with Crippen LogP contribution in [-0.4, -0.2) is 28.7 Å². The number of fused-ring (bicyclic) bond motifs is 2. The summed E-state index contributed by atoms with van der Waals surface area (Å²) >= 11 is 0. The Morgan fingerprint density at radius 1 is 1.33 bits per heavy atom. The molecule has 0 spiro atoms. The van der Waals surface area contributed by atoms with E-state index < -0.39 is 47.2 Å². The zero-order valence-corrected chi connectivity index (χ0v) is 12.5. The minimum absolute atomic E-state index is 0.0469. The highest BCUT2D eigenvalue weighted by atomic mass is 19.4. The number of nitrogens with one attached hydrogen (secondary N) is 1. The molecule has 2 bridgehead atoms. The molecule has 3 rings (SSSR count). The Hall–Kier alpha value is -2.35. The van der Waals surface area contributed by atoms with E-state index in [4.69, 9.17) is 4.74 Å². The van der Waals surface area contributed by atoms with E-state index in [0.29, 0.717) is 0 Å². The van der Waals surface area contributed by atoms with Gasteiger partial charge in [0, 0.05) is 5.69 Å². The fourth-order valence-electron chi connectivity index (χ4n) is 3.27. The third kappa shape index (κ3) is 2.66. The summed E-state index contributed by atoms with van der Waals surface area (Å²) in [5, 5.41) is 11.7. The number of hydrogen-bond donors (Lipinski definition) is 2. The second kappa shape index (κ2) is 5.34. The molecule has 0 radical (unpaired) electrons. The number of carboxylic acids is 1. The van der Waals surface area contributed by atoms with Crippen LogP contribution < -0.4 is 5.32 Å². The fraction of sp³-hybridized carbons (Fsp3) is 0.375. The molecule has 0 saturated carbocycles. The standard InChI is InChI=1S/C16H14F3NO4/c1-15-6-5-10(24-15)11(14(22)23)12(15)13(21)20-9-4-2-3-8(7-9)16(17,18)19/h2-7,10-12H,1H3,(H,20,21)(H,22,23). The van der Waals surface area contributed by atoms with E-state index in [-0.39, 0.29) is 5.69 Å². The molecule has 0 aromatic heterocycles. The summed E-state index contributed by atoms with van der Waals surface area (Å²) < 4.78 is 43.8. The molecule has 1 fully saturated rings. The van der Waals surface area contributed by atoms with Crippen LogP contribution in [0.25, 0.3) is 0 Å². The van der Waals surface area contributed by atoms with Gasteiger partial charge >= 0.3 is 12.1 Å². The van der Waals surface area contributed by atoms with Gasteiger partial charge in [0.05, 0.1) is 23.2 Å². The van der Waals surface area contributed by atoms with Gasteiger partial charge in [0.1, 0.15) is 5.92 Å². The Balaban J connectivity index is 1.85. The van der Waals surface area contributed by atoms with Crippen LogP contribution >= 0.6 is 0 Å². The maximum Gasteiger partial charge on any atom is 0.416 e. The van der Waals surface area contributed by atoms with Crippen LogP contribution in [0.3, 0.4) is 0 Å². The normalized spacial score (nSPS) is 31.2. The van der Waals surface area contributed by atoms with Crippen molar-refractivity contribution in [2.75, 3.05) is 5.32 Å². The van der Waals surface area contributed by atoms with Gasteiger partial charge in [-0.1, -0.05) is 18.2 Å². The molecule has 1 saturated heterocycles. The highest BCUT2D eigenvalue weighted by Crippen LogP contribution is 2.47. The number of carbonyl (C=O) groups is 2. The maximum absolute atomic E-state index is 12.7. The van der Waals surface area contributed by atoms with Gasteiger partial charge in [0.15, 0.2) is 0 Å². The smallest absolute Gasteiger partial charge is 0.416 e. The second-order valence-corrected chi connectivity index (χ2v) is 6.03. The number of alkyl halides is 3. The summed E-state index contributed by atoms with van der Waals surface area (Å²) in [5.74, 6) is -3.97. The number of hydrogen-bond acceptors (Lipinski definition) is 3. The first-order chi connectivity index (χ1) is 11.1. The van der Waals surface area contributed by atoms with Crippen LogP contribution in [0, 0.1) is 11.8 Å². The lowest BCUT2D eigenvalue weighted by atomic mass is 9.75. The summed E-state index contributed by atoms with van der Waals surface area (Å²) in [4.78, 5) is 24.0. The van der Waals surface area contributed by atoms with E-state index in [0.717, 1.165) is 12.1 Å². The van der Waals surface area contributed by atoms with Crippen molar-refractivity contribution in [3.8, 4) is 0 Å². The summed E-state index contributed by atoms with van der Waals surface area (Å²) in [5.41, 5.74) is -2.03. The molecule has 1 amide bonds. The molecule has 24 heavy (non-hydrogen) atoms. The third-order valence-electron chi connectivity index (χ3n) is 4.36. The van der Waals surface area contributed by atoms with Crippen LogP contribution in [0.2, 0.25) is 0 Å². The van der Waals surface area contributed by atoms with Crippen molar-refractivity contribution in [1.82, 2.24) is 0 Å². The van der Waals surface area contributed by atoms with Gasteiger partial charge in [0.2, 0.25) is 5.91 Å². The number of amides is 1. The van der Waals surface area contributed by atoms with E-state index in [2.05, 4.69) is 5.32 Å². The Morgan fingerprint density at radius 2 is 2.04 bits per heavy atom. The zero-order chi connectivity index (χ0) is 17.7. The van der Waals surface area contributed by atoms with Crippen molar-refractivity contribution < 1.29 is 32.6 Å². The van der Waals surface area contributed by atoms with Gasteiger partial charge < -0.3 is 15.2 Å². The SMILES string of the molecule is CC12C=CC(O1)C(C(=O)O)C2C(=O)Nc1cccc(C(F)(F)F)c1. The molecule has 1 aromatic rings. The van der Waals surface area contributed by atoms with Crippen LogP contribution in [0.15, 0.2) is 36.4 Å². The number of anilines is 1. The molecule has 4 unspecified atom stereocenters. The molecule has 8 heteroatoms. The molecule has 1 aromatic carbocycles. The molecule has 5 nitrogen and oxygen atoms in total. The maximum atomic E-state index is 12.7. The first-order valence-electron chi connectivity index (χ1n) is 7.20. The number of aliphatic carboxylic acids is 1. The number of rotatable bonds is 3. The topological polar surface area (TPSA) is 75.6 Å². The predicted molar refractivity (Wildman–Crippen MR) is 77.1 cm³/mol. The minimum atomic E-state index is -4.53. The van der Waals surface area contributed by atoms with Gasteiger partial charge in [-0.3, -0.25) is 9.59 Å². The van der Waals surface area contributed by atoms with E-state index in [1.54, 1.807) is 19.1 Å². The molecule has 2 N–H and O–H groups in total. The minimum Gasteiger partial charge on any atom is -0.481 e. The Labute approximate surface area is 135 Å². The lowest BCUT2D eigenvalue weighted by Crippen LogP contribution is -2.44. The largest absolute Gasteiger partial charge is 0.481 e. The van der Waals surface area contributed by atoms with Crippen LogP contribution in [-0.2, 0) is 20.5 Å². The first-order valence-corrected chi connectivity index (χ1v) is 7.20. The molecule has 128 valence electrons. The molecule has 2 aliphatic heterocycles. The number of benzene rings is 1. The number of carbonyl (C=O) groups excluding carboxylic acids is 1. The number of carboxylic acid groups (broad SMARTS) is 1. The third-order valence-corrected chi connectivity index (χ3v) is 4.36. The number of halogens is 3. The highest BCUT2D eigenvalue weighted by molar-refractivity contribution is 5.97. The van der Waals surface area contributed by atoms with Gasteiger partial charge in [-0.2, -0.15) is 13.2 Å². The lowest BCUT2D eigenvalue weighted by molar-refractivity contribution is -0.146. The van der Waals surface area contributed by atoms with Gasteiger partial charge in [0.25, 0.3) is 0 Å². The Bertz CT molecular complexity index is 730. The van der Waals surface area contributed by atoms with Gasteiger partial charge in [-0.05, 0) is 25.1 Å². The van der Waals surface area contributed by atoms with Gasteiger partial charge in [-0.15, -0.1) is 0 Å². The average Bonchev–Trinajstić information content (AvgIpc) is 2.99. The molecule has 2 aliphatic rings. The highest BCUT2D eigenvalue weighted by Gasteiger charge is 2.59. The average molecular weight is 341 g/mol.